The Morgan fingerprint density at radius 1 is 0.792 bits per heavy atom. The highest BCUT2D eigenvalue weighted by Crippen LogP contribution is 2.21. The molecule has 13 heteroatoms. The first-order chi connectivity index (χ1) is 22.7. The molecule has 0 bridgehead atoms. The first-order valence-electron chi connectivity index (χ1n) is 15.9. The summed E-state index contributed by atoms with van der Waals surface area (Å²) in [5, 5.41) is 20.5. The fourth-order valence-corrected chi connectivity index (χ4v) is 5.03. The Kier molecular flexibility index (Phi) is 13.7. The van der Waals surface area contributed by atoms with E-state index in [4.69, 9.17) is 9.15 Å². The van der Waals surface area contributed by atoms with Gasteiger partial charge in [0.1, 0.15) is 30.3 Å². The van der Waals surface area contributed by atoms with E-state index in [9.17, 15) is 33.9 Å². The third-order valence-electron chi connectivity index (χ3n) is 7.37. The van der Waals surface area contributed by atoms with E-state index in [0.717, 1.165) is 5.56 Å². The van der Waals surface area contributed by atoms with Crippen molar-refractivity contribution in [1.82, 2.24) is 16.0 Å². The summed E-state index contributed by atoms with van der Waals surface area (Å²) >= 11 is 0. The molecule has 0 aliphatic rings. The van der Waals surface area contributed by atoms with Gasteiger partial charge in [-0.2, -0.15) is 0 Å². The van der Waals surface area contributed by atoms with Crippen molar-refractivity contribution < 1.29 is 38.2 Å². The Hall–Kier alpha value is -5.20. The summed E-state index contributed by atoms with van der Waals surface area (Å²) < 4.78 is 10.5. The van der Waals surface area contributed by atoms with Crippen LogP contribution in [0.3, 0.4) is 0 Å². The Morgan fingerprint density at radius 2 is 1.40 bits per heavy atom. The summed E-state index contributed by atoms with van der Waals surface area (Å²) in [5.41, 5.74) is 1.43. The van der Waals surface area contributed by atoms with Gasteiger partial charge in [-0.1, -0.05) is 58.0 Å². The first-order valence-corrected chi connectivity index (χ1v) is 15.9. The van der Waals surface area contributed by atoms with Gasteiger partial charge in [-0.05, 0) is 61.3 Å². The van der Waals surface area contributed by atoms with Gasteiger partial charge in [0.25, 0.3) is 0 Å². The Balaban J connectivity index is 1.74. The fourth-order valence-electron chi connectivity index (χ4n) is 5.03. The van der Waals surface area contributed by atoms with Gasteiger partial charge in [-0.3, -0.25) is 19.2 Å². The van der Waals surface area contributed by atoms with Crippen molar-refractivity contribution in [2.24, 2.45) is 11.8 Å². The standard InChI is InChI=1S/C35H44N4O9/c1-20(2)15-27(38-34(45)28(16-21(3)4)39-35(46)47-19-23-9-7-6-8-10-23)33(44)37-26(13-14-30(40)41)32(43)36-24-11-12-25-22(5)17-31(42)48-29(25)18-24/h6-12,17-18,20-21,26-28H,13-16,19H2,1-5H3,(H,36,43)(H,37,44)(H,38,45)(H,39,46)(H,40,41)/t26-,27-,28+/m0/s1. The predicted octanol–water partition coefficient (Wildman–Crippen LogP) is 4.26. The Labute approximate surface area is 278 Å². The number of carbonyl (C=O) groups excluding carboxylic acids is 4. The van der Waals surface area contributed by atoms with Crippen LogP contribution < -0.4 is 26.9 Å². The van der Waals surface area contributed by atoms with Crippen molar-refractivity contribution in [2.45, 2.75) is 85.0 Å². The van der Waals surface area contributed by atoms with Crippen LogP contribution in [0.5, 0.6) is 0 Å². The quantitative estimate of drug-likeness (QED) is 0.139. The number of amides is 4. The fraction of sp³-hybridized carbons (Fsp3) is 0.429. The van der Waals surface area contributed by atoms with E-state index in [0.29, 0.717) is 10.9 Å². The molecule has 3 rings (SSSR count). The summed E-state index contributed by atoms with van der Waals surface area (Å²) in [5.74, 6) is -3.23. The second-order valence-electron chi connectivity index (χ2n) is 12.5. The second kappa shape index (κ2) is 17.6. The van der Waals surface area contributed by atoms with Crippen LogP contribution >= 0.6 is 0 Å². The van der Waals surface area contributed by atoms with Crippen LogP contribution in [-0.4, -0.2) is 53.0 Å². The van der Waals surface area contributed by atoms with Crippen LogP contribution in [0.25, 0.3) is 11.0 Å². The van der Waals surface area contributed by atoms with Gasteiger partial charge in [0.15, 0.2) is 0 Å². The summed E-state index contributed by atoms with van der Waals surface area (Å²) in [6.07, 6.45) is -0.991. The average molecular weight is 665 g/mol. The van der Waals surface area contributed by atoms with Crippen molar-refractivity contribution >= 4 is 46.4 Å². The van der Waals surface area contributed by atoms with Gasteiger partial charge in [0.2, 0.25) is 17.7 Å². The molecule has 1 heterocycles. The molecule has 48 heavy (non-hydrogen) atoms. The molecule has 3 aromatic rings. The molecule has 0 aliphatic heterocycles. The number of rotatable bonds is 16. The average Bonchev–Trinajstić information content (AvgIpc) is 3.00. The molecule has 5 N–H and O–H groups in total. The molecule has 0 unspecified atom stereocenters. The zero-order valence-corrected chi connectivity index (χ0v) is 27.8. The summed E-state index contributed by atoms with van der Waals surface area (Å²) in [6, 6.07) is 11.7. The smallest absolute Gasteiger partial charge is 0.408 e. The van der Waals surface area contributed by atoms with E-state index in [2.05, 4.69) is 21.3 Å². The monoisotopic (exact) mass is 664 g/mol. The highest BCUT2D eigenvalue weighted by Gasteiger charge is 2.31. The molecule has 0 fully saturated rings. The topological polar surface area (TPSA) is 193 Å². The molecule has 13 nitrogen and oxygen atoms in total. The zero-order valence-electron chi connectivity index (χ0n) is 27.8. The third-order valence-corrected chi connectivity index (χ3v) is 7.37. The van der Waals surface area contributed by atoms with E-state index >= 15 is 0 Å². The van der Waals surface area contributed by atoms with Crippen molar-refractivity contribution in [3.63, 3.8) is 0 Å². The Morgan fingerprint density at radius 3 is 2.00 bits per heavy atom. The van der Waals surface area contributed by atoms with Crippen LogP contribution in [0.4, 0.5) is 10.5 Å². The number of carboxylic acid groups (broad SMARTS) is 1. The number of carbonyl (C=O) groups is 5. The number of fused-ring (bicyclic) bond motifs is 1. The van der Waals surface area contributed by atoms with Gasteiger partial charge >= 0.3 is 17.7 Å². The molecule has 3 atom stereocenters. The molecule has 1 aromatic heterocycles. The lowest BCUT2D eigenvalue weighted by molar-refractivity contribution is -0.137. The molecule has 2 aromatic carbocycles. The molecule has 0 spiro atoms. The molecule has 0 radical (unpaired) electrons. The third kappa shape index (κ3) is 11.9. The SMILES string of the molecule is Cc1cc(=O)oc2cc(NC(=O)[C@H](CCC(=O)O)NC(=O)[C@H](CC(C)C)NC(=O)[C@@H](CC(C)C)NC(=O)OCc3ccccc3)ccc12. The number of nitrogens with one attached hydrogen (secondary N) is 4. The molecule has 4 amide bonds. The number of anilines is 1. The van der Waals surface area contributed by atoms with Crippen LogP contribution in [0, 0.1) is 18.8 Å². The summed E-state index contributed by atoms with van der Waals surface area (Å²) in [6.45, 7) is 9.23. The Bertz CT molecular complexity index is 1650. The van der Waals surface area contributed by atoms with Crippen LogP contribution in [0.1, 0.15) is 64.5 Å². The number of carboxylic acids is 1. The first kappa shape index (κ1) is 37.3. The van der Waals surface area contributed by atoms with Crippen molar-refractivity contribution in [1.29, 1.82) is 0 Å². The largest absolute Gasteiger partial charge is 0.481 e. The van der Waals surface area contributed by atoms with E-state index in [1.54, 1.807) is 31.2 Å². The van der Waals surface area contributed by atoms with Crippen molar-refractivity contribution in [3.05, 3.63) is 76.1 Å². The molecular weight excluding hydrogens is 620 g/mol. The van der Waals surface area contributed by atoms with Crippen molar-refractivity contribution in [3.8, 4) is 0 Å². The van der Waals surface area contributed by atoms with E-state index < -0.39 is 60.0 Å². The minimum absolute atomic E-state index is 0.00342. The molecule has 0 aliphatic carbocycles. The number of aryl methyl sites for hydroxylation is 1. The lowest BCUT2D eigenvalue weighted by atomic mass is 9.99. The van der Waals surface area contributed by atoms with E-state index in [-0.39, 0.29) is 49.0 Å². The second-order valence-corrected chi connectivity index (χ2v) is 12.5. The number of aliphatic carboxylic acids is 1. The number of ether oxygens (including phenoxy) is 1. The van der Waals surface area contributed by atoms with Crippen LogP contribution in [0.2, 0.25) is 0 Å². The number of alkyl carbamates (subject to hydrolysis) is 1. The zero-order chi connectivity index (χ0) is 35.4. The lowest BCUT2D eigenvalue weighted by Crippen LogP contribution is -2.56. The molecule has 0 saturated heterocycles. The number of hydrogen-bond donors (Lipinski definition) is 5. The number of hydrogen-bond acceptors (Lipinski definition) is 8. The van der Waals surface area contributed by atoms with E-state index in [1.165, 1.54) is 12.1 Å². The minimum atomic E-state index is -1.28. The van der Waals surface area contributed by atoms with Gasteiger partial charge in [-0.25, -0.2) is 9.59 Å². The molecule has 0 saturated carbocycles. The minimum Gasteiger partial charge on any atom is -0.481 e. The predicted molar refractivity (Wildman–Crippen MR) is 179 cm³/mol. The van der Waals surface area contributed by atoms with Gasteiger partial charge in [0.05, 0.1) is 0 Å². The maximum absolute atomic E-state index is 13.6. The molecular formula is C35H44N4O9. The maximum atomic E-state index is 13.6. The van der Waals surface area contributed by atoms with Crippen LogP contribution in [0.15, 0.2) is 63.8 Å². The normalized spacial score (nSPS) is 13.0. The highest BCUT2D eigenvalue weighted by molar-refractivity contribution is 6.00. The summed E-state index contributed by atoms with van der Waals surface area (Å²) in [4.78, 5) is 76.3. The van der Waals surface area contributed by atoms with Crippen LogP contribution in [-0.2, 0) is 30.5 Å². The lowest BCUT2D eigenvalue weighted by Gasteiger charge is -2.26. The van der Waals surface area contributed by atoms with Gasteiger partial charge < -0.3 is 35.5 Å². The summed E-state index contributed by atoms with van der Waals surface area (Å²) in [7, 11) is 0. The maximum Gasteiger partial charge on any atom is 0.408 e. The van der Waals surface area contributed by atoms with Gasteiger partial charge in [0, 0.05) is 29.6 Å². The van der Waals surface area contributed by atoms with Crippen molar-refractivity contribution in [2.75, 3.05) is 5.32 Å². The van der Waals surface area contributed by atoms with Gasteiger partial charge in [-0.15, -0.1) is 0 Å². The highest BCUT2D eigenvalue weighted by atomic mass is 16.5. The number of benzene rings is 2. The van der Waals surface area contributed by atoms with E-state index in [1.807, 2.05) is 45.9 Å². The molecule has 258 valence electrons.